The molecule has 19 heavy (non-hydrogen) atoms. The average Bonchev–Trinajstić information content (AvgIpc) is 2.34. The molecule has 0 saturated heterocycles. The molecular weight excluding hydrogens is 260 g/mol. The summed E-state index contributed by atoms with van der Waals surface area (Å²) in [7, 11) is 0. The van der Waals surface area contributed by atoms with E-state index in [-0.39, 0.29) is 5.97 Å². The summed E-state index contributed by atoms with van der Waals surface area (Å²) >= 11 is 1.44. The first kappa shape index (κ1) is 16.1. The van der Waals surface area contributed by atoms with Crippen LogP contribution in [0.15, 0.2) is 29.2 Å². The maximum absolute atomic E-state index is 11.6. The molecule has 0 aliphatic carbocycles. The molecule has 1 N–H and O–H groups in total. The van der Waals surface area contributed by atoms with Crippen LogP contribution in [0.3, 0.4) is 0 Å². The maximum atomic E-state index is 11.6. The second-order valence-electron chi connectivity index (χ2n) is 5.37. The predicted molar refractivity (Wildman–Crippen MR) is 78.3 cm³/mol. The van der Waals surface area contributed by atoms with Gasteiger partial charge in [-0.2, -0.15) is 0 Å². The third-order valence-corrected chi connectivity index (χ3v) is 3.41. The van der Waals surface area contributed by atoms with E-state index in [2.05, 4.69) is 0 Å². The van der Waals surface area contributed by atoms with Gasteiger partial charge >= 0.3 is 5.97 Å². The largest absolute Gasteiger partial charge is 0.459 e. The Morgan fingerprint density at radius 3 is 2.37 bits per heavy atom. The molecule has 0 aliphatic rings. The topological polar surface area (TPSA) is 46.5 Å². The van der Waals surface area contributed by atoms with Crippen molar-refractivity contribution in [3.05, 3.63) is 29.8 Å². The minimum absolute atomic E-state index is 0.213. The molecule has 106 valence electrons. The Kier molecular flexibility index (Phi) is 5.88. The highest BCUT2D eigenvalue weighted by atomic mass is 32.2. The maximum Gasteiger partial charge on any atom is 0.316 e. The Bertz CT molecular complexity index is 406. The van der Waals surface area contributed by atoms with Gasteiger partial charge in [-0.3, -0.25) is 4.79 Å². The van der Waals surface area contributed by atoms with Gasteiger partial charge in [-0.1, -0.05) is 19.1 Å². The Morgan fingerprint density at radius 2 is 1.89 bits per heavy atom. The second kappa shape index (κ2) is 6.96. The van der Waals surface area contributed by atoms with E-state index in [0.29, 0.717) is 12.2 Å². The van der Waals surface area contributed by atoms with Gasteiger partial charge in [0.15, 0.2) is 0 Å². The monoisotopic (exact) mass is 282 g/mol. The van der Waals surface area contributed by atoms with E-state index in [1.807, 2.05) is 52.0 Å². The van der Waals surface area contributed by atoms with Crippen molar-refractivity contribution in [2.24, 2.45) is 0 Å². The van der Waals surface area contributed by atoms with E-state index in [0.717, 1.165) is 10.5 Å². The fourth-order valence-electron chi connectivity index (χ4n) is 1.54. The summed E-state index contributed by atoms with van der Waals surface area (Å²) in [6, 6.07) is 7.63. The van der Waals surface area contributed by atoms with Crippen LogP contribution < -0.4 is 0 Å². The van der Waals surface area contributed by atoms with E-state index in [1.165, 1.54) is 11.8 Å². The molecule has 0 aliphatic heterocycles. The lowest BCUT2D eigenvalue weighted by molar-refractivity contribution is -0.151. The molecule has 1 aromatic carbocycles. The molecule has 0 amide bonds. The van der Waals surface area contributed by atoms with E-state index in [4.69, 9.17) is 4.74 Å². The van der Waals surface area contributed by atoms with Gasteiger partial charge in [-0.15, -0.1) is 11.8 Å². The zero-order chi connectivity index (χ0) is 14.5. The van der Waals surface area contributed by atoms with E-state index < -0.39 is 11.7 Å². The third-order valence-electron chi connectivity index (χ3n) is 2.43. The number of ether oxygens (including phenoxy) is 1. The van der Waals surface area contributed by atoms with Crippen molar-refractivity contribution >= 4 is 17.7 Å². The molecular formula is C15H22O3S. The SMILES string of the molecule is CC[C@@H](O)c1ccc(SCC(=O)OC(C)(C)C)cc1. The highest BCUT2D eigenvalue weighted by molar-refractivity contribution is 8.00. The van der Waals surface area contributed by atoms with Crippen LogP contribution in [0.2, 0.25) is 0 Å². The van der Waals surface area contributed by atoms with Gasteiger partial charge in [0.05, 0.1) is 11.9 Å². The van der Waals surface area contributed by atoms with Crippen molar-refractivity contribution < 1.29 is 14.6 Å². The molecule has 4 heteroatoms. The first-order chi connectivity index (χ1) is 8.81. The first-order valence-corrected chi connectivity index (χ1v) is 7.43. The molecule has 3 nitrogen and oxygen atoms in total. The molecule has 0 unspecified atom stereocenters. The molecule has 1 atom stereocenters. The lowest BCUT2D eigenvalue weighted by atomic mass is 10.1. The van der Waals surface area contributed by atoms with Crippen LogP contribution in [0.4, 0.5) is 0 Å². The van der Waals surface area contributed by atoms with Crippen molar-refractivity contribution in [3.63, 3.8) is 0 Å². The summed E-state index contributed by atoms with van der Waals surface area (Å²) < 4.78 is 5.24. The number of aliphatic hydroxyl groups is 1. The standard InChI is InChI=1S/C15H22O3S/c1-5-13(16)11-6-8-12(9-7-11)19-10-14(17)18-15(2,3)4/h6-9,13,16H,5,10H2,1-4H3/t13-/m1/s1. The lowest BCUT2D eigenvalue weighted by Gasteiger charge is -2.19. The lowest BCUT2D eigenvalue weighted by Crippen LogP contribution is -2.24. The third kappa shape index (κ3) is 6.12. The highest BCUT2D eigenvalue weighted by Gasteiger charge is 2.16. The van der Waals surface area contributed by atoms with Crippen molar-refractivity contribution in [2.75, 3.05) is 5.75 Å². The molecule has 1 aromatic rings. The molecule has 0 saturated carbocycles. The van der Waals surface area contributed by atoms with Crippen LogP contribution in [0.5, 0.6) is 0 Å². The number of thioether (sulfide) groups is 1. The number of benzene rings is 1. The van der Waals surface area contributed by atoms with Gasteiger partial charge < -0.3 is 9.84 Å². The number of hydrogen-bond donors (Lipinski definition) is 1. The zero-order valence-corrected chi connectivity index (χ0v) is 12.8. The van der Waals surface area contributed by atoms with Crippen molar-refractivity contribution in [1.29, 1.82) is 0 Å². The molecule has 0 aromatic heterocycles. The number of carbonyl (C=O) groups excluding carboxylic acids is 1. The van der Waals surface area contributed by atoms with Gasteiger partial charge in [0.2, 0.25) is 0 Å². The van der Waals surface area contributed by atoms with Gasteiger partial charge in [0, 0.05) is 4.90 Å². The van der Waals surface area contributed by atoms with E-state index in [9.17, 15) is 9.90 Å². The number of rotatable bonds is 5. The highest BCUT2D eigenvalue weighted by Crippen LogP contribution is 2.23. The molecule has 0 bridgehead atoms. The minimum Gasteiger partial charge on any atom is -0.459 e. The van der Waals surface area contributed by atoms with Crippen LogP contribution in [0.1, 0.15) is 45.8 Å². The molecule has 0 fully saturated rings. The molecule has 1 rings (SSSR count). The van der Waals surface area contributed by atoms with Gasteiger partial charge in [-0.25, -0.2) is 0 Å². The Labute approximate surface area is 119 Å². The van der Waals surface area contributed by atoms with Crippen molar-refractivity contribution in [3.8, 4) is 0 Å². The average molecular weight is 282 g/mol. The number of carbonyl (C=O) groups is 1. The minimum atomic E-state index is -0.438. The summed E-state index contributed by atoms with van der Waals surface area (Å²) in [5.74, 6) is 0.0858. The van der Waals surface area contributed by atoms with Crippen molar-refractivity contribution in [1.82, 2.24) is 0 Å². The Hall–Kier alpha value is -1.00. The van der Waals surface area contributed by atoms with Crippen LogP contribution in [-0.4, -0.2) is 22.4 Å². The second-order valence-corrected chi connectivity index (χ2v) is 6.42. The van der Waals surface area contributed by atoms with Gasteiger partial charge in [-0.05, 0) is 44.9 Å². The predicted octanol–water partition coefficient (Wildman–Crippen LogP) is 3.56. The van der Waals surface area contributed by atoms with E-state index >= 15 is 0 Å². The van der Waals surface area contributed by atoms with Crippen molar-refractivity contribution in [2.45, 2.75) is 50.7 Å². The van der Waals surface area contributed by atoms with Crippen LogP contribution >= 0.6 is 11.8 Å². The zero-order valence-electron chi connectivity index (χ0n) is 12.0. The van der Waals surface area contributed by atoms with Gasteiger partial charge in [0.1, 0.15) is 5.60 Å². The fraction of sp³-hybridized carbons (Fsp3) is 0.533. The summed E-state index contributed by atoms with van der Waals surface area (Å²) in [4.78, 5) is 12.6. The summed E-state index contributed by atoms with van der Waals surface area (Å²) in [6.45, 7) is 7.51. The molecule has 0 radical (unpaired) electrons. The summed E-state index contributed by atoms with van der Waals surface area (Å²) in [5.41, 5.74) is 0.469. The molecule has 0 spiro atoms. The smallest absolute Gasteiger partial charge is 0.316 e. The number of aliphatic hydroxyl groups excluding tert-OH is 1. The Morgan fingerprint density at radius 1 is 1.32 bits per heavy atom. The number of esters is 1. The summed E-state index contributed by atoms with van der Waals surface area (Å²) in [5, 5.41) is 9.68. The normalized spacial score (nSPS) is 13.1. The van der Waals surface area contributed by atoms with E-state index in [1.54, 1.807) is 0 Å². The first-order valence-electron chi connectivity index (χ1n) is 6.44. The Balaban J connectivity index is 2.48. The van der Waals surface area contributed by atoms with Gasteiger partial charge in [0.25, 0.3) is 0 Å². The van der Waals surface area contributed by atoms with Crippen LogP contribution in [0.25, 0.3) is 0 Å². The van der Waals surface area contributed by atoms with Crippen LogP contribution in [-0.2, 0) is 9.53 Å². The van der Waals surface area contributed by atoms with Crippen LogP contribution in [0, 0.1) is 0 Å². The summed E-state index contributed by atoms with van der Waals surface area (Å²) in [6.07, 6.45) is 0.287. The quantitative estimate of drug-likeness (QED) is 0.662. The fourth-order valence-corrected chi connectivity index (χ4v) is 2.21. The molecule has 0 heterocycles. The number of hydrogen-bond acceptors (Lipinski definition) is 4.